The minimum atomic E-state index is -4.34. The lowest BCUT2D eigenvalue weighted by Crippen LogP contribution is -1.97. The maximum atomic E-state index is 11.1. The van der Waals surface area contributed by atoms with E-state index in [1.807, 2.05) is 0 Å². The first-order valence-corrected chi connectivity index (χ1v) is 6.68. The van der Waals surface area contributed by atoms with Crippen LogP contribution >= 0.6 is 0 Å². The minimum absolute atomic E-state index is 0.0399. The molecule has 0 aliphatic carbocycles. The highest BCUT2D eigenvalue weighted by Crippen LogP contribution is 2.26. The third-order valence-corrected chi connectivity index (χ3v) is 3.17. The van der Waals surface area contributed by atoms with Gasteiger partial charge in [-0.1, -0.05) is 12.1 Å². The number of nitrogens with zero attached hydrogens (tertiary/aromatic N) is 2. The highest BCUT2D eigenvalue weighted by Gasteiger charge is 2.14. The summed E-state index contributed by atoms with van der Waals surface area (Å²) in [6.07, 6.45) is 0. The lowest BCUT2D eigenvalue weighted by atomic mass is 10.3. The van der Waals surface area contributed by atoms with Crippen molar-refractivity contribution in [3.05, 3.63) is 48.5 Å². The molecule has 0 heterocycles. The van der Waals surface area contributed by atoms with Crippen molar-refractivity contribution in [2.45, 2.75) is 4.90 Å². The van der Waals surface area contributed by atoms with E-state index in [1.54, 1.807) is 6.07 Å². The van der Waals surface area contributed by atoms with Gasteiger partial charge in [-0.3, -0.25) is 4.55 Å². The lowest BCUT2D eigenvalue weighted by molar-refractivity contribution is 0.475. The molecule has 2 aromatic rings. The molecule has 0 aliphatic heterocycles. The number of aromatic hydroxyl groups is 1. The first kappa shape index (κ1) is 13.2. The van der Waals surface area contributed by atoms with Gasteiger partial charge in [-0.25, -0.2) is 0 Å². The summed E-state index contributed by atoms with van der Waals surface area (Å²) in [6, 6.07) is 11.6. The summed E-state index contributed by atoms with van der Waals surface area (Å²) in [5, 5.41) is 16.7. The number of rotatable bonds is 3. The number of benzene rings is 2. The zero-order chi connectivity index (χ0) is 13.9. The Bertz CT molecular complexity index is 709. The van der Waals surface area contributed by atoms with Crippen LogP contribution in [0.15, 0.2) is 63.7 Å². The summed E-state index contributed by atoms with van der Waals surface area (Å²) >= 11 is 0. The summed E-state index contributed by atoms with van der Waals surface area (Å²) < 4.78 is 31.3. The van der Waals surface area contributed by atoms with Gasteiger partial charge in [0.1, 0.15) is 16.3 Å². The lowest BCUT2D eigenvalue weighted by Gasteiger charge is -2.00. The van der Waals surface area contributed by atoms with Crippen LogP contribution in [0.25, 0.3) is 0 Å². The third-order valence-electron chi connectivity index (χ3n) is 2.27. The first-order valence-electron chi connectivity index (χ1n) is 5.24. The second-order valence-electron chi connectivity index (χ2n) is 3.66. The van der Waals surface area contributed by atoms with Crippen LogP contribution < -0.4 is 0 Å². The molecule has 6 nitrogen and oxygen atoms in total. The van der Waals surface area contributed by atoms with E-state index in [4.69, 9.17) is 9.66 Å². The summed E-state index contributed by atoms with van der Waals surface area (Å²) in [4.78, 5) is -0.308. The molecule has 2 N–H and O–H groups in total. The van der Waals surface area contributed by atoms with Gasteiger partial charge in [0, 0.05) is 0 Å². The highest BCUT2D eigenvalue weighted by molar-refractivity contribution is 7.86. The van der Waals surface area contributed by atoms with Crippen molar-refractivity contribution in [3.63, 3.8) is 0 Å². The summed E-state index contributed by atoms with van der Waals surface area (Å²) in [5.74, 6) is 0.0947. The normalized spacial score (nSPS) is 11.8. The van der Waals surface area contributed by atoms with Crippen LogP contribution in [0.3, 0.4) is 0 Å². The molecule has 0 bridgehead atoms. The average molecular weight is 278 g/mol. The van der Waals surface area contributed by atoms with Gasteiger partial charge in [-0.15, -0.1) is 5.11 Å². The quantitative estimate of drug-likeness (QED) is 0.665. The van der Waals surface area contributed by atoms with Crippen LogP contribution in [0.1, 0.15) is 0 Å². The smallest absolute Gasteiger partial charge is 0.296 e. The molecule has 98 valence electrons. The first-order chi connectivity index (χ1) is 8.97. The van der Waals surface area contributed by atoms with Crippen LogP contribution in [0.2, 0.25) is 0 Å². The van der Waals surface area contributed by atoms with Crippen LogP contribution in [-0.2, 0) is 10.1 Å². The van der Waals surface area contributed by atoms with Crippen molar-refractivity contribution >= 4 is 21.5 Å². The topological polar surface area (TPSA) is 99.3 Å². The molecule has 0 spiro atoms. The molecule has 0 saturated carbocycles. The van der Waals surface area contributed by atoms with E-state index < -0.39 is 10.1 Å². The van der Waals surface area contributed by atoms with Crippen molar-refractivity contribution < 1.29 is 18.1 Å². The van der Waals surface area contributed by atoms with E-state index in [9.17, 15) is 8.42 Å². The van der Waals surface area contributed by atoms with Crippen molar-refractivity contribution in [2.75, 3.05) is 0 Å². The largest absolute Gasteiger partial charge is 0.508 e. The molecule has 0 aliphatic rings. The molecule has 2 aromatic carbocycles. The van der Waals surface area contributed by atoms with Gasteiger partial charge in [0.25, 0.3) is 10.1 Å². The Balaban J connectivity index is 2.36. The monoisotopic (exact) mass is 278 g/mol. The number of hydrogen-bond donors (Lipinski definition) is 2. The van der Waals surface area contributed by atoms with Crippen molar-refractivity contribution in [1.29, 1.82) is 0 Å². The summed E-state index contributed by atoms with van der Waals surface area (Å²) in [7, 11) is -4.34. The van der Waals surface area contributed by atoms with E-state index in [0.717, 1.165) is 0 Å². The molecule has 19 heavy (non-hydrogen) atoms. The average Bonchev–Trinajstić information content (AvgIpc) is 2.37. The van der Waals surface area contributed by atoms with Crippen LogP contribution in [0.4, 0.5) is 11.4 Å². The summed E-state index contributed by atoms with van der Waals surface area (Å²) in [6.45, 7) is 0. The standard InChI is InChI=1S/C12H10N2O4S/c15-10-7-5-9(6-8-10)13-14-11-3-1-2-4-12(11)19(16,17)18/h1-8,15H,(H,16,17,18). The van der Waals surface area contributed by atoms with Gasteiger partial charge < -0.3 is 5.11 Å². The van der Waals surface area contributed by atoms with E-state index in [0.29, 0.717) is 5.69 Å². The molecule has 0 amide bonds. The predicted molar refractivity (Wildman–Crippen MR) is 68.5 cm³/mol. The zero-order valence-electron chi connectivity index (χ0n) is 9.63. The number of phenolic OH excluding ortho intramolecular Hbond substituents is 1. The SMILES string of the molecule is O=S(=O)(O)c1ccccc1N=Nc1ccc(O)cc1. The fraction of sp³-hybridized carbons (Fsp3) is 0. The maximum Gasteiger partial charge on any atom is 0.296 e. The molecule has 0 fully saturated rings. The second kappa shape index (κ2) is 5.17. The van der Waals surface area contributed by atoms with Gasteiger partial charge >= 0.3 is 0 Å². The van der Waals surface area contributed by atoms with Gasteiger partial charge in [-0.05, 0) is 36.4 Å². The van der Waals surface area contributed by atoms with Crippen molar-refractivity contribution in [3.8, 4) is 5.75 Å². The number of hydrogen-bond acceptors (Lipinski definition) is 5. The fourth-order valence-corrected chi connectivity index (χ4v) is 2.01. The Kier molecular flexibility index (Phi) is 3.59. The molecule has 0 radical (unpaired) electrons. The molecule has 0 atom stereocenters. The maximum absolute atomic E-state index is 11.1. The molecule has 0 saturated heterocycles. The Morgan fingerprint density at radius 3 is 2.16 bits per heavy atom. The Morgan fingerprint density at radius 2 is 1.53 bits per heavy atom. The second-order valence-corrected chi connectivity index (χ2v) is 5.05. The molecule has 0 unspecified atom stereocenters. The third kappa shape index (κ3) is 3.36. The van der Waals surface area contributed by atoms with Gasteiger partial charge in [0.15, 0.2) is 0 Å². The molecule has 0 aromatic heterocycles. The molecular formula is C12H10N2O4S. The van der Waals surface area contributed by atoms with Gasteiger partial charge in [0.2, 0.25) is 0 Å². The van der Waals surface area contributed by atoms with Crippen LogP contribution in [-0.4, -0.2) is 18.1 Å². The number of azo groups is 1. The van der Waals surface area contributed by atoms with E-state index in [1.165, 1.54) is 42.5 Å². The minimum Gasteiger partial charge on any atom is -0.508 e. The Morgan fingerprint density at radius 1 is 0.895 bits per heavy atom. The van der Waals surface area contributed by atoms with Crippen molar-refractivity contribution in [1.82, 2.24) is 0 Å². The highest BCUT2D eigenvalue weighted by atomic mass is 32.2. The summed E-state index contributed by atoms with van der Waals surface area (Å²) in [5.41, 5.74) is 0.487. The van der Waals surface area contributed by atoms with E-state index in [-0.39, 0.29) is 16.3 Å². The Hall–Kier alpha value is -2.25. The molecular weight excluding hydrogens is 268 g/mol. The van der Waals surface area contributed by atoms with Gasteiger partial charge in [-0.2, -0.15) is 13.5 Å². The van der Waals surface area contributed by atoms with E-state index in [2.05, 4.69) is 10.2 Å². The zero-order valence-corrected chi connectivity index (χ0v) is 10.4. The van der Waals surface area contributed by atoms with Crippen LogP contribution in [0.5, 0.6) is 5.75 Å². The van der Waals surface area contributed by atoms with Gasteiger partial charge in [0.05, 0.1) is 5.69 Å². The predicted octanol–water partition coefficient (Wildman–Crippen LogP) is 3.05. The van der Waals surface area contributed by atoms with Crippen molar-refractivity contribution in [2.24, 2.45) is 10.2 Å². The van der Waals surface area contributed by atoms with Crippen LogP contribution in [0, 0.1) is 0 Å². The Labute approximate surface area is 109 Å². The van der Waals surface area contributed by atoms with E-state index >= 15 is 0 Å². The number of phenols is 1. The molecule has 2 rings (SSSR count). The molecule has 7 heteroatoms. The fourth-order valence-electron chi connectivity index (χ4n) is 1.39.